The van der Waals surface area contributed by atoms with Crippen molar-refractivity contribution in [3.63, 3.8) is 0 Å². The molecule has 94 valence electrons. The van der Waals surface area contributed by atoms with Gasteiger partial charge in [-0.2, -0.15) is 11.8 Å². The molecule has 0 saturated heterocycles. The maximum absolute atomic E-state index is 11.4. The largest absolute Gasteiger partial charge is 0.325 e. The van der Waals surface area contributed by atoms with Gasteiger partial charge in [-0.3, -0.25) is 4.79 Å². The molecule has 1 aromatic rings. The zero-order valence-electron chi connectivity index (χ0n) is 9.98. The van der Waals surface area contributed by atoms with Gasteiger partial charge in [0.05, 0.1) is 10.6 Å². The number of aryl methyl sites for hydroxylation is 1. The number of rotatable bonds is 4. The minimum atomic E-state index is -3.25. The molecule has 1 rings (SSSR count). The maximum Gasteiger partial charge on any atom is 0.234 e. The van der Waals surface area contributed by atoms with Crippen LogP contribution >= 0.6 is 11.8 Å². The van der Waals surface area contributed by atoms with Crippen LogP contribution in [0.2, 0.25) is 0 Å². The summed E-state index contributed by atoms with van der Waals surface area (Å²) in [6, 6.07) is 4.71. The molecule has 6 heteroatoms. The van der Waals surface area contributed by atoms with Gasteiger partial charge in [-0.25, -0.2) is 8.42 Å². The summed E-state index contributed by atoms with van der Waals surface area (Å²) in [7, 11) is -3.25. The molecule has 0 spiro atoms. The molecule has 1 N–H and O–H groups in total. The van der Waals surface area contributed by atoms with Crippen molar-refractivity contribution in [2.75, 3.05) is 23.6 Å². The van der Waals surface area contributed by atoms with Crippen molar-refractivity contribution in [1.29, 1.82) is 0 Å². The summed E-state index contributed by atoms with van der Waals surface area (Å²) in [6.45, 7) is 1.82. The molecule has 0 saturated carbocycles. The van der Waals surface area contributed by atoms with E-state index in [0.29, 0.717) is 11.4 Å². The van der Waals surface area contributed by atoms with E-state index in [4.69, 9.17) is 0 Å². The second kappa shape index (κ2) is 5.55. The number of hydrogen-bond donors (Lipinski definition) is 1. The van der Waals surface area contributed by atoms with Crippen molar-refractivity contribution in [3.05, 3.63) is 23.8 Å². The van der Waals surface area contributed by atoms with Crippen LogP contribution in [0.25, 0.3) is 0 Å². The van der Waals surface area contributed by atoms with Gasteiger partial charge in [0.2, 0.25) is 5.91 Å². The zero-order chi connectivity index (χ0) is 13.1. The van der Waals surface area contributed by atoms with E-state index in [1.165, 1.54) is 23.9 Å². The zero-order valence-corrected chi connectivity index (χ0v) is 11.6. The van der Waals surface area contributed by atoms with Crippen molar-refractivity contribution in [2.45, 2.75) is 11.8 Å². The molecule has 17 heavy (non-hydrogen) atoms. The van der Waals surface area contributed by atoms with E-state index in [1.807, 2.05) is 13.2 Å². The Bertz CT molecular complexity index is 524. The van der Waals surface area contributed by atoms with E-state index in [0.717, 1.165) is 11.8 Å². The number of sulfone groups is 1. The predicted molar refractivity (Wildman–Crippen MR) is 71.3 cm³/mol. The molecular weight excluding hydrogens is 258 g/mol. The van der Waals surface area contributed by atoms with E-state index in [-0.39, 0.29) is 10.8 Å². The first-order valence-corrected chi connectivity index (χ1v) is 8.22. The molecule has 0 aromatic heterocycles. The van der Waals surface area contributed by atoms with Gasteiger partial charge in [0.25, 0.3) is 0 Å². The van der Waals surface area contributed by atoms with Gasteiger partial charge in [0, 0.05) is 11.9 Å². The first-order valence-electron chi connectivity index (χ1n) is 4.94. The van der Waals surface area contributed by atoms with Crippen molar-refractivity contribution < 1.29 is 13.2 Å². The van der Waals surface area contributed by atoms with Crippen molar-refractivity contribution >= 4 is 33.2 Å². The van der Waals surface area contributed by atoms with Gasteiger partial charge in [-0.1, -0.05) is 6.07 Å². The highest BCUT2D eigenvalue weighted by atomic mass is 32.2. The Hall–Kier alpha value is -1.01. The molecule has 0 aliphatic carbocycles. The fourth-order valence-corrected chi connectivity index (χ4v) is 2.27. The van der Waals surface area contributed by atoms with Crippen LogP contribution < -0.4 is 5.32 Å². The van der Waals surface area contributed by atoms with E-state index in [2.05, 4.69) is 5.32 Å². The number of anilines is 1. The van der Waals surface area contributed by atoms with E-state index >= 15 is 0 Å². The van der Waals surface area contributed by atoms with Crippen LogP contribution in [-0.4, -0.2) is 32.6 Å². The average Bonchev–Trinajstić information content (AvgIpc) is 2.20. The average molecular weight is 273 g/mol. The number of benzene rings is 1. The molecule has 0 aliphatic heterocycles. The monoisotopic (exact) mass is 273 g/mol. The third kappa shape index (κ3) is 4.05. The Balaban J connectivity index is 3.03. The van der Waals surface area contributed by atoms with Crippen molar-refractivity contribution in [3.8, 4) is 0 Å². The SMILES string of the molecule is CSCC(=O)Nc1cc(S(C)(=O)=O)ccc1C. The number of amides is 1. The quantitative estimate of drug-likeness (QED) is 0.907. The number of carbonyl (C=O) groups excluding carboxylic acids is 1. The molecule has 1 amide bonds. The van der Waals surface area contributed by atoms with Crippen LogP contribution in [0.4, 0.5) is 5.69 Å². The fraction of sp³-hybridized carbons (Fsp3) is 0.364. The van der Waals surface area contributed by atoms with Crippen LogP contribution in [-0.2, 0) is 14.6 Å². The Kier molecular flexibility index (Phi) is 4.59. The minimum absolute atomic E-state index is 0.133. The molecular formula is C11H15NO3S2. The summed E-state index contributed by atoms with van der Waals surface area (Å²) in [5.41, 5.74) is 1.39. The lowest BCUT2D eigenvalue weighted by Crippen LogP contribution is -2.15. The lowest BCUT2D eigenvalue weighted by Gasteiger charge is -2.09. The van der Waals surface area contributed by atoms with Crippen LogP contribution in [0.15, 0.2) is 23.1 Å². The second-order valence-corrected chi connectivity index (χ2v) is 6.61. The van der Waals surface area contributed by atoms with E-state index in [1.54, 1.807) is 6.07 Å². The highest BCUT2D eigenvalue weighted by molar-refractivity contribution is 7.99. The van der Waals surface area contributed by atoms with E-state index < -0.39 is 9.84 Å². The summed E-state index contributed by atoms with van der Waals surface area (Å²) in [6.07, 6.45) is 2.98. The highest BCUT2D eigenvalue weighted by Gasteiger charge is 2.10. The van der Waals surface area contributed by atoms with E-state index in [9.17, 15) is 13.2 Å². The first kappa shape index (κ1) is 14.1. The Morgan fingerprint density at radius 1 is 1.41 bits per heavy atom. The second-order valence-electron chi connectivity index (χ2n) is 3.73. The lowest BCUT2D eigenvalue weighted by atomic mass is 10.2. The van der Waals surface area contributed by atoms with Gasteiger partial charge in [0.15, 0.2) is 9.84 Å². The summed E-state index contributed by atoms with van der Waals surface area (Å²) in [5.74, 6) is 0.217. The lowest BCUT2D eigenvalue weighted by molar-refractivity contribution is -0.113. The summed E-state index contributed by atoms with van der Waals surface area (Å²) >= 11 is 1.41. The normalized spacial score (nSPS) is 11.2. The number of hydrogen-bond acceptors (Lipinski definition) is 4. The Labute approximate surface area is 106 Å². The molecule has 0 radical (unpaired) electrons. The smallest absolute Gasteiger partial charge is 0.234 e. The molecule has 0 heterocycles. The molecule has 0 unspecified atom stereocenters. The topological polar surface area (TPSA) is 63.2 Å². The van der Waals surface area contributed by atoms with Gasteiger partial charge >= 0.3 is 0 Å². The molecule has 0 bridgehead atoms. The van der Waals surface area contributed by atoms with Gasteiger partial charge in [0.1, 0.15) is 0 Å². The summed E-state index contributed by atoms with van der Waals surface area (Å²) in [4.78, 5) is 11.7. The van der Waals surface area contributed by atoms with Gasteiger partial charge < -0.3 is 5.32 Å². The standard InChI is InChI=1S/C11H15NO3S2/c1-8-4-5-9(17(3,14)15)6-10(8)12-11(13)7-16-2/h4-6H,7H2,1-3H3,(H,12,13). The molecule has 0 atom stereocenters. The molecule has 1 aromatic carbocycles. The third-order valence-electron chi connectivity index (χ3n) is 2.19. The molecule has 4 nitrogen and oxygen atoms in total. The molecule has 0 aliphatic rings. The molecule has 0 fully saturated rings. The van der Waals surface area contributed by atoms with Gasteiger partial charge in [-0.05, 0) is 30.9 Å². The Morgan fingerprint density at radius 2 is 2.06 bits per heavy atom. The van der Waals surface area contributed by atoms with Crippen LogP contribution in [0, 0.1) is 6.92 Å². The highest BCUT2D eigenvalue weighted by Crippen LogP contribution is 2.20. The first-order chi connectivity index (χ1) is 7.84. The van der Waals surface area contributed by atoms with Gasteiger partial charge in [-0.15, -0.1) is 0 Å². The van der Waals surface area contributed by atoms with Crippen molar-refractivity contribution in [1.82, 2.24) is 0 Å². The minimum Gasteiger partial charge on any atom is -0.325 e. The van der Waals surface area contributed by atoms with Crippen LogP contribution in [0.3, 0.4) is 0 Å². The van der Waals surface area contributed by atoms with Crippen LogP contribution in [0.5, 0.6) is 0 Å². The summed E-state index contributed by atoms with van der Waals surface area (Å²) < 4.78 is 22.8. The van der Waals surface area contributed by atoms with Crippen LogP contribution in [0.1, 0.15) is 5.56 Å². The van der Waals surface area contributed by atoms with Crippen molar-refractivity contribution in [2.24, 2.45) is 0 Å². The summed E-state index contributed by atoms with van der Waals surface area (Å²) in [5, 5.41) is 2.70. The Morgan fingerprint density at radius 3 is 2.59 bits per heavy atom. The number of nitrogens with one attached hydrogen (secondary N) is 1. The third-order valence-corrected chi connectivity index (χ3v) is 3.85. The number of thioether (sulfide) groups is 1. The fourth-order valence-electron chi connectivity index (χ4n) is 1.28. The number of carbonyl (C=O) groups is 1. The maximum atomic E-state index is 11.4. The predicted octanol–water partition coefficient (Wildman–Crippen LogP) is 1.70.